The Hall–Kier alpha value is -0.0700. The number of rotatable bonds is 2. The van der Waals surface area contributed by atoms with Crippen LogP contribution in [-0.2, 0) is 4.74 Å². The van der Waals surface area contributed by atoms with Crippen molar-refractivity contribution in [2.24, 2.45) is 0 Å². The number of ether oxygens (including phenoxy) is 1. The summed E-state index contributed by atoms with van der Waals surface area (Å²) in [5, 5.41) is 8.81. The van der Waals surface area contributed by atoms with Crippen LogP contribution in [0.2, 0.25) is 0 Å². The van der Waals surface area contributed by atoms with Crippen molar-refractivity contribution in [1.82, 2.24) is 0 Å². The fourth-order valence-electron chi connectivity index (χ4n) is 1.83. The molecule has 68 valence electrons. The summed E-state index contributed by atoms with van der Waals surface area (Å²) in [6.45, 7) is 0. The van der Waals surface area contributed by atoms with Gasteiger partial charge in [0.1, 0.15) is 4.83 Å². The molecule has 0 aliphatic heterocycles. The summed E-state index contributed by atoms with van der Waals surface area (Å²) in [4.78, 5) is -0.157. The van der Waals surface area contributed by atoms with Gasteiger partial charge in [0.25, 0.3) is 0 Å². The Morgan fingerprint density at radius 2 is 2.00 bits per heavy atom. The maximum Gasteiger partial charge on any atom is 0.130 e. The minimum Gasteiger partial charge on any atom is -0.376 e. The van der Waals surface area contributed by atoms with Crippen LogP contribution in [0.4, 0.5) is 0 Å². The molecule has 0 aromatic rings. The zero-order chi connectivity index (χ0) is 9.03. The van der Waals surface area contributed by atoms with Gasteiger partial charge in [-0.1, -0.05) is 35.2 Å². The van der Waals surface area contributed by atoms with Gasteiger partial charge in [0.05, 0.1) is 11.7 Å². The Morgan fingerprint density at radius 3 is 2.42 bits per heavy atom. The molecule has 1 aliphatic rings. The number of hydrogen-bond donors (Lipinski definition) is 0. The molecule has 0 aromatic heterocycles. The van der Waals surface area contributed by atoms with Gasteiger partial charge in [-0.2, -0.15) is 5.26 Å². The van der Waals surface area contributed by atoms with E-state index in [0.29, 0.717) is 0 Å². The van der Waals surface area contributed by atoms with Crippen LogP contribution >= 0.6 is 15.9 Å². The number of alkyl halides is 1. The first-order valence-electron chi connectivity index (χ1n) is 4.34. The maximum atomic E-state index is 8.81. The van der Waals surface area contributed by atoms with E-state index in [9.17, 15) is 0 Å². The monoisotopic (exact) mass is 231 g/mol. The zero-order valence-electron chi connectivity index (χ0n) is 7.35. The van der Waals surface area contributed by atoms with Crippen LogP contribution in [0.1, 0.15) is 32.1 Å². The minimum absolute atomic E-state index is 0.157. The van der Waals surface area contributed by atoms with Gasteiger partial charge in [0.2, 0.25) is 0 Å². The molecule has 0 bridgehead atoms. The second kappa shape index (κ2) is 4.25. The molecule has 1 rings (SSSR count). The molecule has 0 heterocycles. The Kier molecular flexibility index (Phi) is 3.54. The summed E-state index contributed by atoms with van der Waals surface area (Å²) in [7, 11) is 1.71. The number of nitriles is 1. The molecule has 3 heteroatoms. The SMILES string of the molecule is COC1(C(Br)C#N)CCCCC1. The number of halogens is 1. The second-order valence-corrected chi connectivity index (χ2v) is 4.24. The summed E-state index contributed by atoms with van der Waals surface area (Å²) in [5.74, 6) is 0. The quantitative estimate of drug-likeness (QED) is 0.685. The third kappa shape index (κ3) is 1.81. The van der Waals surface area contributed by atoms with Crippen LogP contribution in [0.25, 0.3) is 0 Å². The topological polar surface area (TPSA) is 33.0 Å². The van der Waals surface area contributed by atoms with Crippen LogP contribution < -0.4 is 0 Å². The highest BCUT2D eigenvalue weighted by Crippen LogP contribution is 2.36. The van der Waals surface area contributed by atoms with Crippen LogP contribution in [0.5, 0.6) is 0 Å². The van der Waals surface area contributed by atoms with E-state index in [0.717, 1.165) is 12.8 Å². The fourth-order valence-corrected chi connectivity index (χ4v) is 2.47. The molecule has 12 heavy (non-hydrogen) atoms. The van der Waals surface area contributed by atoms with E-state index < -0.39 is 0 Å². The van der Waals surface area contributed by atoms with Crippen LogP contribution in [0, 0.1) is 11.3 Å². The van der Waals surface area contributed by atoms with E-state index in [1.807, 2.05) is 0 Å². The highest BCUT2D eigenvalue weighted by molar-refractivity contribution is 9.09. The third-order valence-corrected chi connectivity index (χ3v) is 3.72. The lowest BCUT2D eigenvalue weighted by Crippen LogP contribution is -2.41. The molecule has 1 fully saturated rings. The lowest BCUT2D eigenvalue weighted by Gasteiger charge is -2.36. The van der Waals surface area contributed by atoms with Gasteiger partial charge in [-0.25, -0.2) is 0 Å². The van der Waals surface area contributed by atoms with E-state index in [1.54, 1.807) is 7.11 Å². The molecule has 1 unspecified atom stereocenters. The van der Waals surface area contributed by atoms with Crippen molar-refractivity contribution in [2.45, 2.75) is 42.5 Å². The van der Waals surface area contributed by atoms with Gasteiger partial charge >= 0.3 is 0 Å². The molecule has 1 aliphatic carbocycles. The van der Waals surface area contributed by atoms with E-state index in [1.165, 1.54) is 19.3 Å². The first kappa shape index (κ1) is 10.0. The molecule has 1 saturated carbocycles. The van der Waals surface area contributed by atoms with E-state index in [-0.39, 0.29) is 10.4 Å². The molecule has 1 atom stereocenters. The van der Waals surface area contributed by atoms with E-state index >= 15 is 0 Å². The summed E-state index contributed by atoms with van der Waals surface area (Å²) in [6, 6.07) is 2.22. The van der Waals surface area contributed by atoms with Crippen molar-refractivity contribution in [2.75, 3.05) is 7.11 Å². The molecule has 0 amide bonds. The van der Waals surface area contributed by atoms with Crippen LogP contribution in [-0.4, -0.2) is 17.5 Å². The van der Waals surface area contributed by atoms with Crippen molar-refractivity contribution in [3.63, 3.8) is 0 Å². The summed E-state index contributed by atoms with van der Waals surface area (Å²) >= 11 is 3.37. The minimum atomic E-state index is -0.215. The second-order valence-electron chi connectivity index (χ2n) is 3.32. The van der Waals surface area contributed by atoms with Crippen LogP contribution in [0.3, 0.4) is 0 Å². The van der Waals surface area contributed by atoms with Crippen LogP contribution in [0.15, 0.2) is 0 Å². The molecule has 0 saturated heterocycles. The van der Waals surface area contributed by atoms with E-state index in [2.05, 4.69) is 22.0 Å². The number of nitrogens with zero attached hydrogens (tertiary/aromatic N) is 1. The van der Waals surface area contributed by atoms with Gasteiger partial charge in [-0.05, 0) is 12.8 Å². The highest BCUT2D eigenvalue weighted by atomic mass is 79.9. The predicted octanol–water partition coefficient (Wildman–Crippen LogP) is 2.62. The molecule has 0 N–H and O–H groups in total. The first-order valence-corrected chi connectivity index (χ1v) is 5.25. The van der Waals surface area contributed by atoms with Gasteiger partial charge in [0, 0.05) is 7.11 Å². The van der Waals surface area contributed by atoms with Gasteiger partial charge in [0.15, 0.2) is 0 Å². The average molecular weight is 232 g/mol. The normalized spacial score (nSPS) is 24.4. The average Bonchev–Trinajstić information content (AvgIpc) is 2.17. The van der Waals surface area contributed by atoms with E-state index in [4.69, 9.17) is 10.00 Å². The first-order chi connectivity index (χ1) is 5.75. The molecule has 2 nitrogen and oxygen atoms in total. The van der Waals surface area contributed by atoms with Crippen molar-refractivity contribution < 1.29 is 4.74 Å². The summed E-state index contributed by atoms with van der Waals surface area (Å²) in [6.07, 6.45) is 5.64. The largest absolute Gasteiger partial charge is 0.376 e. The van der Waals surface area contributed by atoms with Crippen molar-refractivity contribution in [3.05, 3.63) is 0 Å². The lowest BCUT2D eigenvalue weighted by molar-refractivity contribution is -0.0296. The molecule has 0 aromatic carbocycles. The summed E-state index contributed by atoms with van der Waals surface area (Å²) < 4.78 is 5.46. The lowest BCUT2D eigenvalue weighted by atomic mass is 9.82. The Balaban J connectivity index is 2.67. The zero-order valence-corrected chi connectivity index (χ0v) is 8.93. The highest BCUT2D eigenvalue weighted by Gasteiger charge is 2.38. The van der Waals surface area contributed by atoms with Gasteiger partial charge in [-0.15, -0.1) is 0 Å². The Labute approximate surface area is 82.0 Å². The van der Waals surface area contributed by atoms with Crippen molar-refractivity contribution in [1.29, 1.82) is 5.26 Å². The molecular formula is C9H14BrNO. The molecule has 0 spiro atoms. The molecule has 0 radical (unpaired) electrons. The van der Waals surface area contributed by atoms with Gasteiger partial charge in [-0.3, -0.25) is 0 Å². The van der Waals surface area contributed by atoms with Crippen molar-refractivity contribution >= 4 is 15.9 Å². The predicted molar refractivity (Wildman–Crippen MR) is 51.2 cm³/mol. The third-order valence-electron chi connectivity index (χ3n) is 2.68. The van der Waals surface area contributed by atoms with Gasteiger partial charge < -0.3 is 4.74 Å². The molecular weight excluding hydrogens is 218 g/mol. The Bertz CT molecular complexity index is 181. The fraction of sp³-hybridized carbons (Fsp3) is 0.889. The smallest absolute Gasteiger partial charge is 0.130 e. The summed E-state index contributed by atoms with van der Waals surface area (Å²) in [5.41, 5.74) is -0.215. The van der Waals surface area contributed by atoms with Crippen molar-refractivity contribution in [3.8, 4) is 6.07 Å². The number of methoxy groups -OCH3 is 1. The maximum absolute atomic E-state index is 8.81. The standard InChI is InChI=1S/C9H14BrNO/c1-12-9(8(10)7-11)5-3-2-4-6-9/h8H,2-6H2,1H3. The Morgan fingerprint density at radius 1 is 1.42 bits per heavy atom. The number of hydrogen-bond acceptors (Lipinski definition) is 2.